The summed E-state index contributed by atoms with van der Waals surface area (Å²) in [6, 6.07) is 19.1. The van der Waals surface area contributed by atoms with Gasteiger partial charge < -0.3 is 9.15 Å². The highest BCUT2D eigenvalue weighted by Crippen LogP contribution is 2.33. The maximum Gasteiger partial charge on any atom is 0.338 e. The molecule has 0 radical (unpaired) electrons. The zero-order valence-corrected chi connectivity index (χ0v) is 16.8. The zero-order valence-electron chi connectivity index (χ0n) is 16.8. The molecule has 2 aromatic carbocycles. The van der Waals surface area contributed by atoms with Gasteiger partial charge in [0.2, 0.25) is 0 Å². The number of benzene rings is 2. The molecular weight excluding hydrogens is 394 g/mol. The van der Waals surface area contributed by atoms with Gasteiger partial charge in [0.25, 0.3) is 5.91 Å². The summed E-state index contributed by atoms with van der Waals surface area (Å²) in [5, 5.41) is 14.8. The van der Waals surface area contributed by atoms with Gasteiger partial charge in [-0.1, -0.05) is 35.9 Å². The molecular formula is C24H19N3O4. The second-order valence-corrected chi connectivity index (χ2v) is 7.16. The molecule has 1 unspecified atom stereocenters. The summed E-state index contributed by atoms with van der Waals surface area (Å²) in [5.74, 6) is -0.539. The van der Waals surface area contributed by atoms with Crippen molar-refractivity contribution in [1.29, 1.82) is 5.26 Å². The first-order chi connectivity index (χ1) is 15.0. The topological polar surface area (TPSA) is 95.9 Å². The fourth-order valence-electron chi connectivity index (χ4n) is 3.36. The number of carbonyl (C=O) groups is 2. The summed E-state index contributed by atoms with van der Waals surface area (Å²) < 4.78 is 10.7. The van der Waals surface area contributed by atoms with E-state index in [4.69, 9.17) is 14.4 Å². The maximum absolute atomic E-state index is 12.9. The fourth-order valence-corrected chi connectivity index (χ4v) is 3.36. The molecule has 3 aromatic rings. The van der Waals surface area contributed by atoms with E-state index in [1.54, 1.807) is 30.5 Å². The molecule has 7 heteroatoms. The summed E-state index contributed by atoms with van der Waals surface area (Å²) in [4.78, 5) is 25.2. The monoisotopic (exact) mass is 413 g/mol. The number of hydrogen-bond donors (Lipinski definition) is 0. The summed E-state index contributed by atoms with van der Waals surface area (Å²) >= 11 is 0. The molecule has 1 aromatic heterocycles. The average molecular weight is 413 g/mol. The minimum Gasteiger partial charge on any atom is -0.467 e. The maximum atomic E-state index is 12.9. The van der Waals surface area contributed by atoms with E-state index in [0.29, 0.717) is 17.7 Å². The van der Waals surface area contributed by atoms with Crippen LogP contribution in [0.4, 0.5) is 0 Å². The molecule has 4 rings (SSSR count). The van der Waals surface area contributed by atoms with Crippen molar-refractivity contribution in [2.75, 3.05) is 6.61 Å². The van der Waals surface area contributed by atoms with E-state index in [0.717, 1.165) is 16.8 Å². The van der Waals surface area contributed by atoms with Crippen LogP contribution in [0.25, 0.3) is 0 Å². The van der Waals surface area contributed by atoms with Gasteiger partial charge in [0.15, 0.2) is 6.61 Å². The van der Waals surface area contributed by atoms with Crippen LogP contribution in [0, 0.1) is 18.3 Å². The van der Waals surface area contributed by atoms with Crippen molar-refractivity contribution in [1.82, 2.24) is 5.01 Å². The largest absolute Gasteiger partial charge is 0.467 e. The van der Waals surface area contributed by atoms with Crippen molar-refractivity contribution >= 4 is 17.6 Å². The molecule has 154 valence electrons. The Labute approximate surface area is 179 Å². The molecule has 0 saturated heterocycles. The van der Waals surface area contributed by atoms with Gasteiger partial charge in [-0.3, -0.25) is 4.79 Å². The first-order valence-electron chi connectivity index (χ1n) is 9.72. The molecule has 31 heavy (non-hydrogen) atoms. The molecule has 0 N–H and O–H groups in total. The third kappa shape index (κ3) is 4.38. The lowest BCUT2D eigenvalue weighted by molar-refractivity contribution is -0.136. The summed E-state index contributed by atoms with van der Waals surface area (Å²) in [5.41, 5.74) is 3.35. The third-order valence-corrected chi connectivity index (χ3v) is 4.98. The Kier molecular flexibility index (Phi) is 5.63. The number of furan rings is 1. The number of nitrogens with zero attached hydrogens (tertiary/aromatic N) is 3. The normalized spacial score (nSPS) is 15.3. The SMILES string of the molecule is Cc1ccc(C2=NN(C(=O)COC(=O)c3cccc(C#N)c3)C(c3ccco3)C2)cc1. The summed E-state index contributed by atoms with van der Waals surface area (Å²) in [7, 11) is 0. The predicted molar refractivity (Wildman–Crippen MR) is 112 cm³/mol. The third-order valence-electron chi connectivity index (χ3n) is 4.98. The molecule has 0 bridgehead atoms. The Bertz CT molecular complexity index is 1170. The van der Waals surface area contributed by atoms with Gasteiger partial charge in [0, 0.05) is 6.42 Å². The number of aryl methyl sites for hydroxylation is 1. The Morgan fingerprint density at radius 1 is 1.19 bits per heavy atom. The quantitative estimate of drug-likeness (QED) is 0.589. The van der Waals surface area contributed by atoms with E-state index in [2.05, 4.69) is 5.10 Å². The minimum atomic E-state index is -0.679. The Hall–Kier alpha value is -4.18. The van der Waals surface area contributed by atoms with Crippen LogP contribution in [-0.2, 0) is 9.53 Å². The van der Waals surface area contributed by atoms with Crippen molar-refractivity contribution in [3.05, 3.63) is 94.9 Å². The van der Waals surface area contributed by atoms with Gasteiger partial charge in [0.05, 0.1) is 29.2 Å². The van der Waals surface area contributed by atoms with Gasteiger partial charge in [-0.15, -0.1) is 0 Å². The average Bonchev–Trinajstić information content (AvgIpc) is 3.48. The Morgan fingerprint density at radius 3 is 2.71 bits per heavy atom. The number of rotatable bonds is 5. The van der Waals surface area contributed by atoms with Gasteiger partial charge in [-0.25, -0.2) is 9.80 Å². The molecule has 0 spiro atoms. The zero-order chi connectivity index (χ0) is 21.8. The van der Waals surface area contributed by atoms with E-state index in [-0.39, 0.29) is 5.56 Å². The highest BCUT2D eigenvalue weighted by Gasteiger charge is 2.35. The van der Waals surface area contributed by atoms with E-state index in [1.807, 2.05) is 37.3 Å². The number of esters is 1. The van der Waals surface area contributed by atoms with Gasteiger partial charge in [-0.2, -0.15) is 10.4 Å². The van der Waals surface area contributed by atoms with Crippen molar-refractivity contribution in [2.24, 2.45) is 5.10 Å². The minimum absolute atomic E-state index is 0.208. The van der Waals surface area contributed by atoms with Gasteiger partial charge in [0.1, 0.15) is 11.8 Å². The van der Waals surface area contributed by atoms with Gasteiger partial charge >= 0.3 is 5.97 Å². The van der Waals surface area contributed by atoms with E-state index in [1.165, 1.54) is 17.1 Å². The molecule has 7 nitrogen and oxygen atoms in total. The second kappa shape index (κ2) is 8.67. The molecule has 1 amide bonds. The highest BCUT2D eigenvalue weighted by molar-refractivity contribution is 6.03. The van der Waals surface area contributed by atoms with Crippen molar-refractivity contribution in [3.8, 4) is 6.07 Å². The fraction of sp³-hybridized carbons (Fsp3) is 0.167. The number of hydrazone groups is 1. The number of ether oxygens (including phenoxy) is 1. The lowest BCUT2D eigenvalue weighted by Gasteiger charge is -2.19. The Morgan fingerprint density at radius 2 is 2.00 bits per heavy atom. The van der Waals surface area contributed by atoms with Crippen molar-refractivity contribution in [3.63, 3.8) is 0 Å². The van der Waals surface area contributed by atoms with Crippen LogP contribution in [-0.4, -0.2) is 29.2 Å². The number of carbonyl (C=O) groups excluding carboxylic acids is 2. The van der Waals surface area contributed by atoms with Crippen LogP contribution < -0.4 is 0 Å². The van der Waals surface area contributed by atoms with Crippen molar-refractivity contribution in [2.45, 2.75) is 19.4 Å². The van der Waals surface area contributed by atoms with Crippen LogP contribution in [0.2, 0.25) is 0 Å². The smallest absolute Gasteiger partial charge is 0.338 e. The molecule has 2 heterocycles. The predicted octanol–water partition coefficient (Wildman–Crippen LogP) is 3.99. The van der Waals surface area contributed by atoms with E-state index in [9.17, 15) is 9.59 Å². The molecule has 0 saturated carbocycles. The number of nitriles is 1. The van der Waals surface area contributed by atoms with Crippen LogP contribution in [0.3, 0.4) is 0 Å². The van der Waals surface area contributed by atoms with E-state index >= 15 is 0 Å². The lowest BCUT2D eigenvalue weighted by Crippen LogP contribution is -2.31. The number of hydrogen-bond acceptors (Lipinski definition) is 6. The number of amides is 1. The van der Waals surface area contributed by atoms with Crippen LogP contribution >= 0.6 is 0 Å². The summed E-state index contributed by atoms with van der Waals surface area (Å²) in [6.45, 7) is 1.53. The molecule has 1 aliphatic heterocycles. The highest BCUT2D eigenvalue weighted by atomic mass is 16.5. The first-order valence-corrected chi connectivity index (χ1v) is 9.72. The van der Waals surface area contributed by atoms with Crippen LogP contribution in [0.5, 0.6) is 0 Å². The first kappa shape index (κ1) is 20.1. The van der Waals surface area contributed by atoms with E-state index < -0.39 is 24.5 Å². The summed E-state index contributed by atoms with van der Waals surface area (Å²) in [6.07, 6.45) is 2.03. The van der Waals surface area contributed by atoms with Crippen LogP contribution in [0.1, 0.15) is 45.3 Å². The standard InChI is InChI=1S/C24H19N3O4/c1-16-7-9-18(10-8-16)20-13-21(22-6-3-11-30-22)27(26-20)23(28)15-31-24(29)19-5-2-4-17(12-19)14-25/h2-12,21H,13,15H2,1H3. The Balaban J connectivity index is 1.51. The second-order valence-electron chi connectivity index (χ2n) is 7.16. The molecule has 1 atom stereocenters. The van der Waals surface area contributed by atoms with Gasteiger partial charge in [-0.05, 0) is 42.8 Å². The van der Waals surface area contributed by atoms with Crippen molar-refractivity contribution < 1.29 is 18.7 Å². The molecule has 0 aliphatic carbocycles. The molecule has 0 fully saturated rings. The molecule has 1 aliphatic rings. The van der Waals surface area contributed by atoms with Crippen LogP contribution in [0.15, 0.2) is 76.4 Å². The lowest BCUT2D eigenvalue weighted by atomic mass is 10.0.